The highest BCUT2D eigenvalue weighted by Crippen LogP contribution is 2.35. The first-order valence-electron chi connectivity index (χ1n) is 8.32. The van der Waals surface area contributed by atoms with Crippen LogP contribution in [-0.2, 0) is 14.8 Å². The van der Waals surface area contributed by atoms with Gasteiger partial charge in [-0.3, -0.25) is 9.10 Å². The summed E-state index contributed by atoms with van der Waals surface area (Å²) < 4.78 is 31.7. The molecule has 1 aliphatic heterocycles. The van der Waals surface area contributed by atoms with Crippen molar-refractivity contribution in [2.45, 2.75) is 11.8 Å². The van der Waals surface area contributed by atoms with E-state index in [1.54, 1.807) is 56.5 Å². The molecule has 7 heteroatoms. The van der Waals surface area contributed by atoms with Crippen LogP contribution in [0.5, 0.6) is 5.75 Å². The lowest BCUT2D eigenvalue weighted by molar-refractivity contribution is -0.112. The van der Waals surface area contributed by atoms with Crippen LogP contribution in [0.1, 0.15) is 18.1 Å². The summed E-state index contributed by atoms with van der Waals surface area (Å²) in [5.74, 6) is -0.249. The largest absolute Gasteiger partial charge is 0.505 e. The first-order valence-corrected chi connectivity index (χ1v) is 9.76. The van der Waals surface area contributed by atoms with E-state index >= 15 is 0 Å². The van der Waals surface area contributed by atoms with E-state index in [0.717, 1.165) is 9.87 Å². The molecule has 0 atom stereocenters. The van der Waals surface area contributed by atoms with E-state index in [2.05, 4.69) is 0 Å². The van der Waals surface area contributed by atoms with Gasteiger partial charge in [0, 0.05) is 12.1 Å². The first-order chi connectivity index (χ1) is 12.9. The summed E-state index contributed by atoms with van der Waals surface area (Å²) in [6.07, 6.45) is 2.81. The van der Waals surface area contributed by atoms with E-state index in [-0.39, 0.29) is 28.5 Å². The summed E-state index contributed by atoms with van der Waals surface area (Å²) in [5, 5.41) is 10.6. The SMILES string of the molecule is CCN1C(C(=O)C=Cc2ccc(OC)cc2)=C(O)c2ccccc2S1(=O)=O. The molecule has 2 aromatic carbocycles. The molecular formula is C20H19NO5S. The summed E-state index contributed by atoms with van der Waals surface area (Å²) in [5.41, 5.74) is 0.621. The molecule has 2 aromatic rings. The molecule has 0 bridgehead atoms. The number of rotatable bonds is 5. The van der Waals surface area contributed by atoms with E-state index in [0.29, 0.717) is 5.75 Å². The van der Waals surface area contributed by atoms with Gasteiger partial charge in [-0.15, -0.1) is 0 Å². The number of hydrogen-bond acceptors (Lipinski definition) is 5. The standard InChI is InChI=1S/C20H19NO5S/c1-3-21-19(17(22)13-10-14-8-11-15(26-2)12-9-14)20(23)16-6-4-5-7-18(16)27(21,24)25/h4-13,23H,3H2,1-2H3. The number of aliphatic hydroxyl groups excluding tert-OH is 1. The number of hydrogen-bond donors (Lipinski definition) is 1. The third kappa shape index (κ3) is 3.33. The Kier molecular flexibility index (Phi) is 5.05. The molecule has 6 nitrogen and oxygen atoms in total. The number of fused-ring (bicyclic) bond motifs is 1. The number of benzene rings is 2. The molecule has 0 unspecified atom stereocenters. The van der Waals surface area contributed by atoms with Crippen LogP contribution in [-0.4, -0.2) is 37.3 Å². The van der Waals surface area contributed by atoms with Crippen molar-refractivity contribution in [3.8, 4) is 5.75 Å². The van der Waals surface area contributed by atoms with Crippen LogP contribution in [0.3, 0.4) is 0 Å². The number of ether oxygens (including phenoxy) is 1. The van der Waals surface area contributed by atoms with Crippen molar-refractivity contribution < 1.29 is 23.1 Å². The molecule has 27 heavy (non-hydrogen) atoms. The predicted octanol–water partition coefficient (Wildman–Crippen LogP) is 3.23. The van der Waals surface area contributed by atoms with Gasteiger partial charge in [0.15, 0.2) is 5.76 Å². The van der Waals surface area contributed by atoms with Crippen LogP contribution in [0.4, 0.5) is 0 Å². The molecule has 0 saturated carbocycles. The lowest BCUT2D eigenvalue weighted by Gasteiger charge is -2.30. The van der Waals surface area contributed by atoms with Crippen LogP contribution in [0, 0.1) is 0 Å². The van der Waals surface area contributed by atoms with E-state index in [4.69, 9.17) is 4.74 Å². The van der Waals surface area contributed by atoms with Crippen molar-refractivity contribution in [3.63, 3.8) is 0 Å². The molecule has 1 N–H and O–H groups in total. The topological polar surface area (TPSA) is 83.9 Å². The Balaban J connectivity index is 2.02. The Morgan fingerprint density at radius 1 is 1.15 bits per heavy atom. The molecule has 0 aromatic heterocycles. The number of methoxy groups -OCH3 is 1. The summed E-state index contributed by atoms with van der Waals surface area (Å²) in [6.45, 7) is 1.64. The number of carbonyl (C=O) groups excluding carboxylic acids is 1. The smallest absolute Gasteiger partial charge is 0.265 e. The lowest BCUT2D eigenvalue weighted by Crippen LogP contribution is -2.37. The van der Waals surface area contributed by atoms with E-state index in [9.17, 15) is 18.3 Å². The van der Waals surface area contributed by atoms with Gasteiger partial charge in [-0.05, 0) is 42.8 Å². The predicted molar refractivity (Wildman–Crippen MR) is 103 cm³/mol. The van der Waals surface area contributed by atoms with Crippen LogP contribution in [0.25, 0.3) is 11.8 Å². The summed E-state index contributed by atoms with van der Waals surface area (Å²) in [6, 6.07) is 13.1. The molecule has 0 aliphatic carbocycles. The average Bonchev–Trinajstić information content (AvgIpc) is 2.69. The molecule has 0 radical (unpaired) electrons. The maximum Gasteiger partial charge on any atom is 0.265 e. The number of allylic oxidation sites excluding steroid dienone is 1. The molecule has 0 spiro atoms. The summed E-state index contributed by atoms with van der Waals surface area (Å²) >= 11 is 0. The zero-order valence-electron chi connectivity index (χ0n) is 14.9. The van der Waals surface area contributed by atoms with Gasteiger partial charge < -0.3 is 9.84 Å². The molecule has 1 aliphatic rings. The van der Waals surface area contributed by atoms with Crippen LogP contribution in [0.15, 0.2) is 65.2 Å². The van der Waals surface area contributed by atoms with Crippen molar-refractivity contribution in [2.75, 3.05) is 13.7 Å². The fraction of sp³-hybridized carbons (Fsp3) is 0.150. The third-order valence-electron chi connectivity index (χ3n) is 4.25. The van der Waals surface area contributed by atoms with Crippen molar-refractivity contribution in [1.29, 1.82) is 0 Å². The fourth-order valence-corrected chi connectivity index (χ4v) is 4.59. The molecule has 0 amide bonds. The lowest BCUT2D eigenvalue weighted by atomic mass is 10.1. The van der Waals surface area contributed by atoms with Crippen LogP contribution in [0.2, 0.25) is 0 Å². The highest BCUT2D eigenvalue weighted by Gasteiger charge is 2.38. The van der Waals surface area contributed by atoms with Gasteiger partial charge in [-0.25, -0.2) is 8.42 Å². The number of likely N-dealkylation sites (N-methyl/N-ethyl adjacent to an activating group) is 1. The Morgan fingerprint density at radius 2 is 1.81 bits per heavy atom. The fourth-order valence-electron chi connectivity index (χ4n) is 2.91. The normalized spacial score (nSPS) is 15.7. The summed E-state index contributed by atoms with van der Waals surface area (Å²) in [7, 11) is -2.35. The van der Waals surface area contributed by atoms with Gasteiger partial charge in [0.2, 0.25) is 5.78 Å². The second-order valence-electron chi connectivity index (χ2n) is 5.83. The number of ketones is 1. The zero-order valence-corrected chi connectivity index (χ0v) is 15.7. The van der Waals surface area contributed by atoms with Gasteiger partial charge in [-0.1, -0.05) is 30.3 Å². The Hall–Kier alpha value is -3.06. The van der Waals surface area contributed by atoms with E-state index < -0.39 is 15.8 Å². The average molecular weight is 385 g/mol. The van der Waals surface area contributed by atoms with Crippen molar-refractivity contribution in [1.82, 2.24) is 4.31 Å². The Labute approximate surface area is 158 Å². The minimum Gasteiger partial charge on any atom is -0.505 e. The highest BCUT2D eigenvalue weighted by atomic mass is 32.2. The molecule has 140 valence electrons. The number of aliphatic hydroxyl groups is 1. The third-order valence-corrected chi connectivity index (χ3v) is 6.18. The molecular weight excluding hydrogens is 366 g/mol. The Bertz CT molecular complexity index is 1040. The monoisotopic (exact) mass is 385 g/mol. The van der Waals surface area contributed by atoms with Crippen LogP contribution < -0.4 is 4.74 Å². The van der Waals surface area contributed by atoms with Crippen molar-refractivity contribution >= 4 is 27.6 Å². The number of carbonyl (C=O) groups is 1. The summed E-state index contributed by atoms with van der Waals surface area (Å²) in [4.78, 5) is 12.7. The van der Waals surface area contributed by atoms with Crippen molar-refractivity contribution in [2.24, 2.45) is 0 Å². The van der Waals surface area contributed by atoms with Gasteiger partial charge in [0.05, 0.1) is 12.0 Å². The number of nitrogens with zero attached hydrogens (tertiary/aromatic N) is 1. The van der Waals surface area contributed by atoms with E-state index in [1.165, 1.54) is 18.2 Å². The maximum atomic E-state index is 12.8. The van der Waals surface area contributed by atoms with Crippen LogP contribution >= 0.6 is 0 Å². The Morgan fingerprint density at radius 3 is 2.44 bits per heavy atom. The van der Waals surface area contributed by atoms with Crippen molar-refractivity contribution in [3.05, 3.63) is 71.4 Å². The molecule has 3 rings (SSSR count). The minimum absolute atomic E-state index is 0.0139. The van der Waals surface area contributed by atoms with E-state index in [1.807, 2.05) is 0 Å². The van der Waals surface area contributed by atoms with Gasteiger partial charge in [0.25, 0.3) is 10.0 Å². The first kappa shape index (κ1) is 18.7. The second-order valence-corrected chi connectivity index (χ2v) is 7.66. The highest BCUT2D eigenvalue weighted by molar-refractivity contribution is 7.89. The maximum absolute atomic E-state index is 12.8. The number of sulfonamides is 1. The van der Waals surface area contributed by atoms with Gasteiger partial charge in [-0.2, -0.15) is 0 Å². The second kappa shape index (κ2) is 7.28. The quantitative estimate of drug-likeness (QED) is 0.799. The molecule has 0 saturated heterocycles. The molecule has 1 heterocycles. The molecule has 0 fully saturated rings. The van der Waals surface area contributed by atoms with Gasteiger partial charge in [0.1, 0.15) is 11.4 Å². The minimum atomic E-state index is -3.91. The van der Waals surface area contributed by atoms with Gasteiger partial charge >= 0.3 is 0 Å². The zero-order chi connectivity index (χ0) is 19.6.